The average Bonchev–Trinajstić information content (AvgIpc) is 3.21. The molecule has 1 atom stereocenters. The highest BCUT2D eigenvalue weighted by atomic mass is 32.1. The second kappa shape index (κ2) is 6.21. The molecule has 0 bridgehead atoms. The Kier molecular flexibility index (Phi) is 3.89. The number of hydrogen-bond acceptors (Lipinski definition) is 6. The monoisotopic (exact) mass is 355 g/mol. The third kappa shape index (κ3) is 2.85. The van der Waals surface area contributed by atoms with Crippen molar-refractivity contribution in [2.24, 2.45) is 0 Å². The van der Waals surface area contributed by atoms with Crippen LogP contribution in [-0.4, -0.2) is 27.8 Å². The molecule has 3 aromatic rings. The Hall–Kier alpha value is -2.87. The van der Waals surface area contributed by atoms with Crippen molar-refractivity contribution >= 4 is 22.4 Å². The number of ether oxygens (including phenoxy) is 1. The normalized spacial score (nSPS) is 16.8. The number of para-hydroxylation sites is 2. The summed E-state index contributed by atoms with van der Waals surface area (Å²) in [6, 6.07) is 7.67. The number of thiazole rings is 1. The van der Waals surface area contributed by atoms with Crippen LogP contribution in [0.1, 0.15) is 28.5 Å². The smallest absolute Gasteiger partial charge is 0.221 e. The van der Waals surface area contributed by atoms with Gasteiger partial charge in [-0.2, -0.15) is 5.10 Å². The number of fused-ring (bicyclic) bond motifs is 1. The molecule has 7 nitrogen and oxygen atoms in total. The lowest BCUT2D eigenvalue weighted by atomic mass is 9.96. The van der Waals surface area contributed by atoms with Gasteiger partial charge in [-0.25, -0.2) is 9.67 Å². The number of nitrogens with one attached hydrogen (secondary N) is 1. The van der Waals surface area contributed by atoms with Crippen molar-refractivity contribution < 1.29 is 9.53 Å². The van der Waals surface area contributed by atoms with Gasteiger partial charge >= 0.3 is 0 Å². The van der Waals surface area contributed by atoms with Crippen molar-refractivity contribution in [3.05, 3.63) is 52.8 Å². The van der Waals surface area contributed by atoms with Gasteiger partial charge in [-0.15, -0.1) is 11.3 Å². The van der Waals surface area contributed by atoms with E-state index >= 15 is 0 Å². The first-order chi connectivity index (χ1) is 12.2. The molecule has 1 unspecified atom stereocenters. The number of carbonyl (C=O) groups excluding carboxylic acids is 1. The summed E-state index contributed by atoms with van der Waals surface area (Å²) in [6.07, 6.45) is 4.07. The van der Waals surface area contributed by atoms with E-state index in [1.165, 1.54) is 11.3 Å². The minimum absolute atomic E-state index is 0.00110. The SMILES string of the molecule is COc1ccccc1-n1cc(C2CC(=O)NCc3nc(N)sc32)cn1. The van der Waals surface area contributed by atoms with Gasteiger partial charge < -0.3 is 15.8 Å². The van der Waals surface area contributed by atoms with Crippen LogP contribution in [0.15, 0.2) is 36.7 Å². The fourth-order valence-electron chi connectivity index (χ4n) is 3.05. The van der Waals surface area contributed by atoms with Crippen LogP contribution in [0, 0.1) is 0 Å². The van der Waals surface area contributed by atoms with Gasteiger partial charge in [0, 0.05) is 23.4 Å². The van der Waals surface area contributed by atoms with Crippen molar-refractivity contribution in [3.63, 3.8) is 0 Å². The summed E-state index contributed by atoms with van der Waals surface area (Å²) >= 11 is 1.43. The zero-order chi connectivity index (χ0) is 17.4. The Bertz CT molecular complexity index is 933. The molecule has 1 aromatic carbocycles. The summed E-state index contributed by atoms with van der Waals surface area (Å²) in [7, 11) is 1.63. The third-order valence-corrected chi connectivity index (χ3v) is 5.28. The van der Waals surface area contributed by atoms with Gasteiger partial charge in [0.05, 0.1) is 25.5 Å². The Morgan fingerprint density at radius 2 is 2.24 bits per heavy atom. The second-order valence-corrected chi connectivity index (χ2v) is 6.85. The average molecular weight is 355 g/mol. The fraction of sp³-hybridized carbons (Fsp3) is 0.235. The minimum Gasteiger partial charge on any atom is -0.494 e. The number of nitrogens with two attached hydrogens (primary N) is 1. The van der Waals surface area contributed by atoms with Gasteiger partial charge in [0.25, 0.3) is 0 Å². The van der Waals surface area contributed by atoms with Crippen molar-refractivity contribution in [2.75, 3.05) is 12.8 Å². The van der Waals surface area contributed by atoms with Crippen LogP contribution in [0.4, 0.5) is 5.13 Å². The number of amides is 1. The molecule has 1 amide bonds. The number of hydrogen-bond donors (Lipinski definition) is 2. The lowest BCUT2D eigenvalue weighted by Gasteiger charge is -2.11. The number of rotatable bonds is 3. The first kappa shape index (κ1) is 15.6. The maximum atomic E-state index is 12.1. The van der Waals surface area contributed by atoms with Crippen LogP contribution in [-0.2, 0) is 11.3 Å². The van der Waals surface area contributed by atoms with Crippen molar-refractivity contribution in [1.82, 2.24) is 20.1 Å². The van der Waals surface area contributed by atoms with Crippen molar-refractivity contribution in [2.45, 2.75) is 18.9 Å². The minimum atomic E-state index is -0.101. The quantitative estimate of drug-likeness (QED) is 0.750. The van der Waals surface area contributed by atoms with Crippen LogP contribution in [0.25, 0.3) is 5.69 Å². The number of anilines is 1. The summed E-state index contributed by atoms with van der Waals surface area (Å²) in [4.78, 5) is 17.5. The van der Waals surface area contributed by atoms with E-state index in [1.54, 1.807) is 18.0 Å². The molecule has 0 saturated carbocycles. The Morgan fingerprint density at radius 1 is 1.40 bits per heavy atom. The molecule has 0 radical (unpaired) electrons. The summed E-state index contributed by atoms with van der Waals surface area (Å²) in [6.45, 7) is 0.416. The maximum absolute atomic E-state index is 12.1. The van der Waals surface area contributed by atoms with Gasteiger partial charge in [-0.1, -0.05) is 12.1 Å². The molecule has 1 aliphatic rings. The van der Waals surface area contributed by atoms with Crippen LogP contribution in [0.5, 0.6) is 5.75 Å². The van der Waals surface area contributed by atoms with Crippen LogP contribution >= 0.6 is 11.3 Å². The number of nitrogens with zero attached hydrogens (tertiary/aromatic N) is 3. The molecule has 0 fully saturated rings. The second-order valence-electron chi connectivity index (χ2n) is 5.79. The third-order valence-electron chi connectivity index (χ3n) is 4.24. The summed E-state index contributed by atoms with van der Waals surface area (Å²) in [5.41, 5.74) is 8.51. The highest BCUT2D eigenvalue weighted by Gasteiger charge is 2.28. The van der Waals surface area contributed by atoms with E-state index in [4.69, 9.17) is 10.5 Å². The predicted molar refractivity (Wildman–Crippen MR) is 94.9 cm³/mol. The maximum Gasteiger partial charge on any atom is 0.221 e. The van der Waals surface area contributed by atoms with Crippen molar-refractivity contribution in [3.8, 4) is 11.4 Å². The molecule has 25 heavy (non-hydrogen) atoms. The van der Waals surface area contributed by atoms with Gasteiger partial charge in [0.2, 0.25) is 5.91 Å². The van der Waals surface area contributed by atoms with Gasteiger partial charge in [0.15, 0.2) is 5.13 Å². The highest BCUT2D eigenvalue weighted by molar-refractivity contribution is 7.15. The van der Waals surface area contributed by atoms with E-state index in [-0.39, 0.29) is 11.8 Å². The molecule has 4 rings (SSSR count). The van der Waals surface area contributed by atoms with Gasteiger partial charge in [-0.3, -0.25) is 4.79 Å². The topological polar surface area (TPSA) is 95.1 Å². The van der Waals surface area contributed by atoms with Gasteiger partial charge in [-0.05, 0) is 17.7 Å². The molecule has 3 N–H and O–H groups in total. The summed E-state index contributed by atoms with van der Waals surface area (Å²) in [5.74, 6) is 0.632. The zero-order valence-electron chi connectivity index (χ0n) is 13.6. The van der Waals surface area contributed by atoms with Crippen molar-refractivity contribution in [1.29, 1.82) is 0 Å². The Balaban J connectivity index is 1.75. The summed E-state index contributed by atoms with van der Waals surface area (Å²) in [5, 5.41) is 7.85. The predicted octanol–water partition coefficient (Wildman–Crippen LogP) is 2.07. The van der Waals surface area contributed by atoms with E-state index in [0.29, 0.717) is 18.1 Å². The number of aromatic nitrogens is 3. The number of methoxy groups -OCH3 is 1. The zero-order valence-corrected chi connectivity index (χ0v) is 14.4. The number of carbonyl (C=O) groups is 1. The molecule has 0 aliphatic carbocycles. The Morgan fingerprint density at radius 3 is 3.08 bits per heavy atom. The highest BCUT2D eigenvalue weighted by Crippen LogP contribution is 2.37. The van der Waals surface area contributed by atoms with Gasteiger partial charge in [0.1, 0.15) is 11.4 Å². The molecular formula is C17H17N5O2S. The molecule has 2 aromatic heterocycles. The molecule has 8 heteroatoms. The lowest BCUT2D eigenvalue weighted by molar-refractivity contribution is -0.121. The first-order valence-corrected chi connectivity index (χ1v) is 8.67. The first-order valence-electron chi connectivity index (χ1n) is 7.85. The molecule has 0 spiro atoms. The van der Waals surface area contributed by atoms with Crippen LogP contribution in [0.2, 0.25) is 0 Å². The van der Waals surface area contributed by atoms with Crippen LogP contribution < -0.4 is 15.8 Å². The van der Waals surface area contributed by atoms with E-state index in [9.17, 15) is 4.79 Å². The molecule has 3 heterocycles. The standard InChI is InChI=1S/C17H17N5O2S/c1-24-14-5-3-2-4-13(14)22-9-10(7-20-22)11-6-15(23)19-8-12-16(11)25-17(18)21-12/h2-5,7,9,11H,6,8H2,1H3,(H2,18,21)(H,19,23). The van der Waals surface area contributed by atoms with E-state index in [1.807, 2.05) is 30.5 Å². The largest absolute Gasteiger partial charge is 0.494 e. The van der Waals surface area contributed by atoms with E-state index in [2.05, 4.69) is 15.4 Å². The molecule has 1 aliphatic heterocycles. The number of benzene rings is 1. The van der Waals surface area contributed by atoms with Crippen LogP contribution in [0.3, 0.4) is 0 Å². The Labute approximate surface area is 148 Å². The number of nitrogen functional groups attached to an aromatic ring is 1. The molecular weight excluding hydrogens is 338 g/mol. The fourth-order valence-corrected chi connectivity index (χ4v) is 4.03. The molecule has 0 saturated heterocycles. The summed E-state index contributed by atoms with van der Waals surface area (Å²) < 4.78 is 7.17. The molecule has 128 valence electrons. The lowest BCUT2D eigenvalue weighted by Crippen LogP contribution is -2.21. The van der Waals surface area contributed by atoms with E-state index < -0.39 is 0 Å². The van der Waals surface area contributed by atoms with E-state index in [0.717, 1.165) is 27.6 Å².